The standard InChI is InChI=1S/C33H28N6O2/c1-41-30-7-3-5-25(19-30)24-4-2-6-26(18-24)31-20-29-16-17-35-39(29)33(38-31)37-28-14-12-27(13-15-28)36-32(40)23-10-8-22(21-34)9-11-23/h2-20H,21,34H2,1H3,(H,36,40)(H,37,38). The number of carbonyl (C=O) groups is 1. The van der Waals surface area contributed by atoms with Crippen LogP contribution in [-0.2, 0) is 6.54 Å². The molecule has 0 spiro atoms. The van der Waals surface area contributed by atoms with Gasteiger partial charge in [-0.3, -0.25) is 4.79 Å². The average molecular weight is 541 g/mol. The molecule has 202 valence electrons. The lowest BCUT2D eigenvalue weighted by Gasteiger charge is -2.12. The predicted octanol–water partition coefficient (Wildman–Crippen LogP) is 6.53. The van der Waals surface area contributed by atoms with Crippen molar-refractivity contribution < 1.29 is 9.53 Å². The summed E-state index contributed by atoms with van der Waals surface area (Å²) in [5, 5.41) is 10.8. The Morgan fingerprint density at radius 2 is 1.54 bits per heavy atom. The molecular formula is C33H28N6O2. The Labute approximate surface area is 237 Å². The Balaban J connectivity index is 1.24. The summed E-state index contributed by atoms with van der Waals surface area (Å²) in [6.45, 7) is 0.439. The molecule has 0 aliphatic heterocycles. The maximum absolute atomic E-state index is 12.6. The van der Waals surface area contributed by atoms with Crippen molar-refractivity contribution in [3.8, 4) is 28.1 Å². The highest BCUT2D eigenvalue weighted by Crippen LogP contribution is 2.30. The van der Waals surface area contributed by atoms with Gasteiger partial charge in [0.15, 0.2) is 0 Å². The number of carbonyl (C=O) groups excluding carboxylic acids is 1. The number of methoxy groups -OCH3 is 1. The normalized spacial score (nSPS) is 10.9. The Bertz CT molecular complexity index is 1830. The number of hydrogen-bond donors (Lipinski definition) is 3. The SMILES string of the molecule is COc1cccc(-c2cccc(-c3cc4ccnn4c(Nc4ccc(NC(=O)c5ccc(CN)cc5)cc4)n3)c2)c1. The summed E-state index contributed by atoms with van der Waals surface area (Å²) < 4.78 is 7.16. The number of amides is 1. The Morgan fingerprint density at radius 1 is 0.829 bits per heavy atom. The quantitative estimate of drug-likeness (QED) is 0.203. The molecule has 8 heteroatoms. The van der Waals surface area contributed by atoms with E-state index in [9.17, 15) is 4.79 Å². The van der Waals surface area contributed by atoms with Crippen LogP contribution >= 0.6 is 0 Å². The summed E-state index contributed by atoms with van der Waals surface area (Å²) in [4.78, 5) is 17.6. The predicted molar refractivity (Wildman–Crippen MR) is 162 cm³/mol. The van der Waals surface area contributed by atoms with E-state index in [2.05, 4.69) is 33.9 Å². The monoisotopic (exact) mass is 540 g/mol. The molecule has 41 heavy (non-hydrogen) atoms. The molecule has 4 N–H and O–H groups in total. The largest absolute Gasteiger partial charge is 0.497 e. The molecule has 2 aromatic heterocycles. The maximum Gasteiger partial charge on any atom is 0.255 e. The number of nitrogens with zero attached hydrogens (tertiary/aromatic N) is 3. The van der Waals surface area contributed by atoms with Crippen LogP contribution < -0.4 is 21.1 Å². The summed E-state index contributed by atoms with van der Waals surface area (Å²) in [7, 11) is 1.67. The van der Waals surface area contributed by atoms with Gasteiger partial charge in [0.2, 0.25) is 5.95 Å². The van der Waals surface area contributed by atoms with Crippen molar-refractivity contribution in [2.24, 2.45) is 5.73 Å². The zero-order valence-electron chi connectivity index (χ0n) is 22.4. The van der Waals surface area contributed by atoms with Gasteiger partial charge in [-0.1, -0.05) is 42.5 Å². The van der Waals surface area contributed by atoms with Crippen molar-refractivity contribution in [3.63, 3.8) is 0 Å². The average Bonchev–Trinajstić information content (AvgIpc) is 3.51. The molecular weight excluding hydrogens is 512 g/mol. The van der Waals surface area contributed by atoms with Crippen LogP contribution in [0.4, 0.5) is 17.3 Å². The van der Waals surface area contributed by atoms with Gasteiger partial charge in [-0.2, -0.15) is 5.10 Å². The van der Waals surface area contributed by atoms with Crippen LogP contribution in [0.1, 0.15) is 15.9 Å². The van der Waals surface area contributed by atoms with E-state index in [1.165, 1.54) is 0 Å². The number of benzene rings is 4. The highest BCUT2D eigenvalue weighted by Gasteiger charge is 2.11. The van der Waals surface area contributed by atoms with E-state index >= 15 is 0 Å². The molecule has 8 nitrogen and oxygen atoms in total. The van der Waals surface area contributed by atoms with Gasteiger partial charge in [-0.15, -0.1) is 0 Å². The molecule has 0 saturated heterocycles. The molecule has 6 rings (SSSR count). The lowest BCUT2D eigenvalue weighted by molar-refractivity contribution is 0.102. The van der Waals surface area contributed by atoms with Gasteiger partial charge in [-0.25, -0.2) is 9.50 Å². The van der Waals surface area contributed by atoms with E-state index in [0.717, 1.165) is 44.9 Å². The van der Waals surface area contributed by atoms with Crippen molar-refractivity contribution in [2.45, 2.75) is 6.54 Å². The van der Waals surface area contributed by atoms with Crippen LogP contribution in [-0.4, -0.2) is 27.6 Å². The van der Waals surface area contributed by atoms with E-state index in [-0.39, 0.29) is 5.91 Å². The molecule has 0 radical (unpaired) electrons. The van der Waals surface area contributed by atoms with E-state index in [1.807, 2.05) is 78.9 Å². The fourth-order valence-electron chi connectivity index (χ4n) is 4.58. The number of ether oxygens (including phenoxy) is 1. The van der Waals surface area contributed by atoms with Gasteiger partial charge in [0.1, 0.15) is 5.75 Å². The number of hydrogen-bond acceptors (Lipinski definition) is 6. The molecule has 0 bridgehead atoms. The topological polar surface area (TPSA) is 107 Å². The van der Waals surface area contributed by atoms with Crippen LogP contribution in [0.2, 0.25) is 0 Å². The van der Waals surface area contributed by atoms with E-state index in [0.29, 0.717) is 23.7 Å². The number of rotatable bonds is 8. The van der Waals surface area contributed by atoms with Gasteiger partial charge in [0.25, 0.3) is 5.91 Å². The molecule has 0 atom stereocenters. The number of nitrogens with one attached hydrogen (secondary N) is 2. The Morgan fingerprint density at radius 3 is 2.29 bits per heavy atom. The highest BCUT2D eigenvalue weighted by atomic mass is 16.5. The van der Waals surface area contributed by atoms with Crippen LogP contribution in [0.15, 0.2) is 115 Å². The summed E-state index contributed by atoms with van der Waals surface area (Å²) in [6.07, 6.45) is 1.75. The van der Waals surface area contributed by atoms with Gasteiger partial charge >= 0.3 is 0 Å². The van der Waals surface area contributed by atoms with Gasteiger partial charge in [0, 0.05) is 29.0 Å². The molecule has 4 aromatic carbocycles. The second kappa shape index (κ2) is 11.3. The van der Waals surface area contributed by atoms with E-state index < -0.39 is 0 Å². The Hall–Kier alpha value is -5.47. The molecule has 0 fully saturated rings. The molecule has 1 amide bonds. The number of fused-ring (bicyclic) bond motifs is 1. The summed E-state index contributed by atoms with van der Waals surface area (Å²) in [5.74, 6) is 1.20. The first-order chi connectivity index (χ1) is 20.1. The van der Waals surface area contributed by atoms with Crippen molar-refractivity contribution in [3.05, 3.63) is 127 Å². The van der Waals surface area contributed by atoms with Gasteiger partial charge < -0.3 is 21.1 Å². The highest BCUT2D eigenvalue weighted by molar-refractivity contribution is 6.04. The zero-order valence-corrected chi connectivity index (χ0v) is 22.4. The van der Waals surface area contributed by atoms with Gasteiger partial charge in [-0.05, 0) is 83.4 Å². The number of nitrogens with two attached hydrogens (primary N) is 1. The van der Waals surface area contributed by atoms with Crippen LogP contribution in [0.5, 0.6) is 5.75 Å². The van der Waals surface area contributed by atoms with Crippen molar-refractivity contribution in [1.29, 1.82) is 0 Å². The van der Waals surface area contributed by atoms with Crippen LogP contribution in [0.25, 0.3) is 27.9 Å². The first-order valence-electron chi connectivity index (χ1n) is 13.2. The second-order valence-electron chi connectivity index (χ2n) is 9.50. The molecule has 0 aliphatic carbocycles. The third kappa shape index (κ3) is 5.63. The maximum atomic E-state index is 12.6. The Kier molecular flexibility index (Phi) is 7.13. The minimum Gasteiger partial charge on any atom is -0.497 e. The summed E-state index contributed by atoms with van der Waals surface area (Å²) >= 11 is 0. The fourth-order valence-corrected chi connectivity index (χ4v) is 4.58. The van der Waals surface area contributed by atoms with Crippen molar-refractivity contribution in [1.82, 2.24) is 14.6 Å². The molecule has 6 aromatic rings. The second-order valence-corrected chi connectivity index (χ2v) is 9.50. The first kappa shape index (κ1) is 25.8. The summed E-state index contributed by atoms with van der Waals surface area (Å²) in [6, 6.07) is 34.9. The third-order valence-corrected chi connectivity index (χ3v) is 6.80. The first-order valence-corrected chi connectivity index (χ1v) is 13.2. The molecule has 0 aliphatic rings. The van der Waals surface area contributed by atoms with Crippen LogP contribution in [0.3, 0.4) is 0 Å². The lowest BCUT2D eigenvalue weighted by Crippen LogP contribution is -2.12. The third-order valence-electron chi connectivity index (χ3n) is 6.80. The lowest BCUT2D eigenvalue weighted by atomic mass is 10.0. The molecule has 0 saturated carbocycles. The fraction of sp³-hybridized carbons (Fsp3) is 0.0606. The zero-order chi connectivity index (χ0) is 28.2. The summed E-state index contributed by atoms with van der Waals surface area (Å²) in [5.41, 5.74) is 13.5. The smallest absolute Gasteiger partial charge is 0.255 e. The van der Waals surface area contributed by atoms with E-state index in [1.54, 1.807) is 30.0 Å². The number of anilines is 3. The minimum absolute atomic E-state index is 0.182. The van der Waals surface area contributed by atoms with Crippen molar-refractivity contribution >= 4 is 28.7 Å². The minimum atomic E-state index is -0.182. The van der Waals surface area contributed by atoms with Gasteiger partial charge in [0.05, 0.1) is 24.5 Å². The number of aromatic nitrogens is 3. The molecule has 0 unspecified atom stereocenters. The van der Waals surface area contributed by atoms with Crippen LogP contribution in [0, 0.1) is 0 Å². The van der Waals surface area contributed by atoms with Crippen molar-refractivity contribution in [2.75, 3.05) is 17.7 Å². The molecule has 2 heterocycles. The van der Waals surface area contributed by atoms with E-state index in [4.69, 9.17) is 15.5 Å².